The van der Waals surface area contributed by atoms with Crippen molar-refractivity contribution in [2.75, 3.05) is 23.9 Å². The molecule has 0 atom stereocenters. The van der Waals surface area contributed by atoms with Crippen LogP contribution < -0.4 is 10.2 Å². The third-order valence-electron chi connectivity index (χ3n) is 5.56. The Morgan fingerprint density at radius 1 is 1.03 bits per heavy atom. The number of rotatable bonds is 5. The molecule has 4 rings (SSSR count). The number of methoxy groups -OCH3 is 1. The van der Waals surface area contributed by atoms with E-state index in [2.05, 4.69) is 5.32 Å². The molecule has 3 aromatic carbocycles. The molecule has 0 saturated heterocycles. The van der Waals surface area contributed by atoms with E-state index in [0.29, 0.717) is 16.8 Å². The molecule has 0 spiro atoms. The highest BCUT2D eigenvalue weighted by Gasteiger charge is 2.30. The van der Waals surface area contributed by atoms with E-state index in [4.69, 9.17) is 4.74 Å². The van der Waals surface area contributed by atoms with E-state index < -0.39 is 5.97 Å². The maximum atomic E-state index is 13.5. The van der Waals surface area contributed by atoms with Gasteiger partial charge in [-0.25, -0.2) is 4.79 Å². The van der Waals surface area contributed by atoms with E-state index in [1.54, 1.807) is 30.3 Å². The van der Waals surface area contributed by atoms with Gasteiger partial charge in [0.2, 0.25) is 5.91 Å². The number of hydrogen-bond donors (Lipinski definition) is 1. The largest absolute Gasteiger partial charge is 0.465 e. The van der Waals surface area contributed by atoms with Crippen LogP contribution in [0.15, 0.2) is 70.5 Å². The Balaban J connectivity index is 1.74. The molecule has 6 nitrogen and oxygen atoms in total. The quantitative estimate of drug-likeness (QED) is 0.537. The van der Waals surface area contributed by atoms with Gasteiger partial charge in [0.15, 0.2) is 0 Å². The third kappa shape index (κ3) is 4.50. The van der Waals surface area contributed by atoms with E-state index in [0.717, 1.165) is 33.0 Å². The molecule has 0 bridgehead atoms. The molecule has 1 aliphatic rings. The van der Waals surface area contributed by atoms with E-state index in [-0.39, 0.29) is 18.4 Å². The Bertz CT molecular complexity index is 1250. The highest BCUT2D eigenvalue weighted by atomic mass is 32.2. The highest BCUT2D eigenvalue weighted by molar-refractivity contribution is 7.99. The van der Waals surface area contributed by atoms with Crippen molar-refractivity contribution in [3.05, 3.63) is 82.9 Å². The summed E-state index contributed by atoms with van der Waals surface area (Å²) < 4.78 is 4.85. The average Bonchev–Trinajstić information content (AvgIpc) is 2.94. The van der Waals surface area contributed by atoms with Gasteiger partial charge in [-0.1, -0.05) is 49.0 Å². The highest BCUT2D eigenvalue weighted by Crippen LogP contribution is 2.41. The Labute approximate surface area is 196 Å². The summed E-state index contributed by atoms with van der Waals surface area (Å²) in [4.78, 5) is 41.9. The number of anilines is 2. The van der Waals surface area contributed by atoms with Crippen LogP contribution in [0.25, 0.3) is 0 Å². The average molecular weight is 461 g/mol. The Hall–Kier alpha value is -3.58. The topological polar surface area (TPSA) is 75.7 Å². The number of fused-ring (bicyclic) bond motifs is 2. The van der Waals surface area contributed by atoms with Crippen LogP contribution in [0.2, 0.25) is 0 Å². The number of benzene rings is 3. The van der Waals surface area contributed by atoms with Gasteiger partial charge in [-0.2, -0.15) is 0 Å². The lowest BCUT2D eigenvalue weighted by Gasteiger charge is -2.23. The summed E-state index contributed by atoms with van der Waals surface area (Å²) in [6, 6.07) is 18.2. The molecule has 0 aromatic heterocycles. The molecule has 1 aliphatic heterocycles. The first kappa shape index (κ1) is 22.6. The van der Waals surface area contributed by atoms with Gasteiger partial charge < -0.3 is 10.1 Å². The van der Waals surface area contributed by atoms with Gasteiger partial charge in [-0.05, 0) is 54.8 Å². The van der Waals surface area contributed by atoms with Crippen LogP contribution in [-0.2, 0) is 16.0 Å². The van der Waals surface area contributed by atoms with Crippen LogP contribution in [0.1, 0.15) is 38.8 Å². The number of hydrogen-bond acceptors (Lipinski definition) is 5. The fourth-order valence-corrected chi connectivity index (χ4v) is 4.91. The number of nitrogens with one attached hydrogen (secondary N) is 1. The lowest BCUT2D eigenvalue weighted by atomic mass is 10.1. The molecule has 0 saturated carbocycles. The molecular formula is C26H24N2O4S. The van der Waals surface area contributed by atoms with Crippen molar-refractivity contribution in [3.8, 4) is 0 Å². The van der Waals surface area contributed by atoms with E-state index >= 15 is 0 Å². The summed E-state index contributed by atoms with van der Waals surface area (Å²) in [6.07, 6.45) is 0.773. The van der Waals surface area contributed by atoms with Crippen LogP contribution in [0.5, 0.6) is 0 Å². The lowest BCUT2D eigenvalue weighted by molar-refractivity contribution is -0.114. The molecule has 1 heterocycles. The smallest absolute Gasteiger partial charge is 0.337 e. The van der Waals surface area contributed by atoms with Crippen molar-refractivity contribution >= 4 is 40.9 Å². The zero-order valence-corrected chi connectivity index (χ0v) is 19.5. The maximum Gasteiger partial charge on any atom is 0.337 e. The summed E-state index contributed by atoms with van der Waals surface area (Å²) in [5.41, 5.74) is 4.08. The Morgan fingerprint density at radius 2 is 1.82 bits per heavy atom. The van der Waals surface area contributed by atoms with E-state index in [1.165, 1.54) is 23.8 Å². The minimum atomic E-state index is -0.506. The molecule has 2 amide bonds. The second kappa shape index (κ2) is 9.50. The van der Waals surface area contributed by atoms with Gasteiger partial charge in [0, 0.05) is 15.5 Å². The van der Waals surface area contributed by atoms with Crippen LogP contribution in [0, 0.1) is 6.92 Å². The van der Waals surface area contributed by atoms with Crippen molar-refractivity contribution in [2.45, 2.75) is 30.1 Å². The third-order valence-corrected chi connectivity index (χ3v) is 6.70. The zero-order chi connectivity index (χ0) is 23.5. The predicted molar refractivity (Wildman–Crippen MR) is 129 cm³/mol. The monoisotopic (exact) mass is 460 g/mol. The zero-order valence-electron chi connectivity index (χ0n) is 18.7. The molecule has 0 unspecified atom stereocenters. The number of ether oxygens (including phenoxy) is 1. The first-order valence-electron chi connectivity index (χ1n) is 10.6. The second-order valence-corrected chi connectivity index (χ2v) is 8.76. The number of nitrogens with zero attached hydrogens (tertiary/aromatic N) is 1. The van der Waals surface area contributed by atoms with Gasteiger partial charge in [0.05, 0.1) is 23.9 Å². The molecule has 3 aromatic rings. The summed E-state index contributed by atoms with van der Waals surface area (Å²) in [5.74, 6) is -1.12. The number of esters is 1. The van der Waals surface area contributed by atoms with Gasteiger partial charge in [-0.15, -0.1) is 0 Å². The summed E-state index contributed by atoms with van der Waals surface area (Å²) in [5, 5.41) is 2.99. The van der Waals surface area contributed by atoms with Crippen molar-refractivity contribution in [2.24, 2.45) is 0 Å². The standard InChI is InChI=1S/C26H24N2O4S/c1-4-17-9-7-8-16(2)24(17)27-23(29)15-28-20-14-18(26(31)32-3)12-13-22(20)33-21-11-6-5-10-19(21)25(28)30/h5-14H,4,15H2,1-3H3,(H,27,29). The molecular weight excluding hydrogens is 436 g/mol. The summed E-state index contributed by atoms with van der Waals surface area (Å²) in [6.45, 7) is 3.78. The molecule has 0 fully saturated rings. The first-order valence-corrected chi connectivity index (χ1v) is 11.4. The van der Waals surface area contributed by atoms with Gasteiger partial charge in [0.1, 0.15) is 6.54 Å². The normalized spacial score (nSPS) is 12.5. The van der Waals surface area contributed by atoms with Crippen LogP contribution in [0.4, 0.5) is 11.4 Å². The van der Waals surface area contributed by atoms with Crippen LogP contribution in [0.3, 0.4) is 0 Å². The Morgan fingerprint density at radius 3 is 2.58 bits per heavy atom. The molecule has 0 aliphatic carbocycles. The molecule has 168 valence electrons. The molecule has 0 radical (unpaired) electrons. The van der Waals surface area contributed by atoms with E-state index in [1.807, 2.05) is 44.2 Å². The molecule has 7 heteroatoms. The fourth-order valence-electron chi connectivity index (χ4n) is 3.85. The minimum absolute atomic E-state index is 0.192. The summed E-state index contributed by atoms with van der Waals surface area (Å²) >= 11 is 1.43. The SMILES string of the molecule is CCc1cccc(C)c1NC(=O)CN1C(=O)c2ccccc2Sc2ccc(C(=O)OC)cc21. The fraction of sp³-hybridized carbons (Fsp3) is 0.192. The van der Waals surface area contributed by atoms with Crippen LogP contribution >= 0.6 is 11.8 Å². The minimum Gasteiger partial charge on any atom is -0.465 e. The van der Waals surface area contributed by atoms with Gasteiger partial charge in [-0.3, -0.25) is 14.5 Å². The molecule has 33 heavy (non-hydrogen) atoms. The number of carbonyl (C=O) groups excluding carboxylic acids is 3. The lowest BCUT2D eigenvalue weighted by Crippen LogP contribution is -2.38. The number of carbonyl (C=O) groups is 3. The molecule has 1 N–H and O–H groups in total. The van der Waals surface area contributed by atoms with Crippen molar-refractivity contribution in [3.63, 3.8) is 0 Å². The first-order chi connectivity index (χ1) is 15.9. The van der Waals surface area contributed by atoms with E-state index in [9.17, 15) is 14.4 Å². The van der Waals surface area contributed by atoms with Crippen LogP contribution in [-0.4, -0.2) is 31.4 Å². The van der Waals surface area contributed by atoms with Gasteiger partial charge in [0.25, 0.3) is 5.91 Å². The van der Waals surface area contributed by atoms with Crippen molar-refractivity contribution in [1.82, 2.24) is 0 Å². The maximum absolute atomic E-state index is 13.5. The second-order valence-electron chi connectivity index (χ2n) is 7.67. The predicted octanol–water partition coefficient (Wildman–Crippen LogP) is 5.09. The van der Waals surface area contributed by atoms with Gasteiger partial charge >= 0.3 is 5.97 Å². The number of aryl methyl sites for hydroxylation is 2. The number of para-hydroxylation sites is 1. The summed E-state index contributed by atoms with van der Waals surface area (Å²) in [7, 11) is 1.31. The Kier molecular flexibility index (Phi) is 6.51. The number of amides is 2. The van der Waals surface area contributed by atoms with Crippen molar-refractivity contribution < 1.29 is 19.1 Å². The van der Waals surface area contributed by atoms with Crippen molar-refractivity contribution in [1.29, 1.82) is 0 Å².